The molecule has 0 spiro atoms. The molecular formula is C18H16FNO2S. The molecule has 0 aliphatic carbocycles. The highest BCUT2D eigenvalue weighted by atomic mass is 32.1. The monoisotopic (exact) mass is 329 g/mol. The summed E-state index contributed by atoms with van der Waals surface area (Å²) in [6.45, 7) is 0.921. The van der Waals surface area contributed by atoms with Crippen molar-refractivity contribution in [2.24, 2.45) is 0 Å². The molecule has 0 aliphatic rings. The van der Waals surface area contributed by atoms with Crippen LogP contribution in [0.4, 0.5) is 4.39 Å². The van der Waals surface area contributed by atoms with E-state index in [9.17, 15) is 9.18 Å². The van der Waals surface area contributed by atoms with E-state index in [0.717, 1.165) is 6.42 Å². The van der Waals surface area contributed by atoms with Crippen LogP contribution in [0.2, 0.25) is 0 Å². The predicted octanol–water partition coefficient (Wildman–Crippen LogP) is 4.37. The molecule has 0 unspecified atom stereocenters. The summed E-state index contributed by atoms with van der Waals surface area (Å²) in [4.78, 5) is 15.6. The highest BCUT2D eigenvalue weighted by Crippen LogP contribution is 2.15. The third-order valence-electron chi connectivity index (χ3n) is 3.49. The van der Waals surface area contributed by atoms with Crippen molar-refractivity contribution >= 4 is 17.2 Å². The fourth-order valence-corrected chi connectivity index (χ4v) is 3.05. The lowest BCUT2D eigenvalue weighted by Crippen LogP contribution is -2.32. The Bertz CT molecular complexity index is 753. The SMILES string of the molecule is O=C(c1cccc(F)c1)N(CCc1cccs1)Cc1ccco1. The van der Waals surface area contributed by atoms with Crippen molar-refractivity contribution in [3.05, 3.63) is 82.2 Å². The molecule has 0 radical (unpaired) electrons. The maximum absolute atomic E-state index is 13.4. The van der Waals surface area contributed by atoms with Gasteiger partial charge < -0.3 is 9.32 Å². The zero-order valence-corrected chi connectivity index (χ0v) is 13.3. The molecule has 3 aromatic rings. The second-order valence-electron chi connectivity index (χ2n) is 5.15. The van der Waals surface area contributed by atoms with Gasteiger partial charge in [0.25, 0.3) is 5.91 Å². The van der Waals surface area contributed by atoms with E-state index in [1.165, 1.54) is 17.0 Å². The van der Waals surface area contributed by atoms with Crippen LogP contribution in [0.25, 0.3) is 0 Å². The van der Waals surface area contributed by atoms with E-state index < -0.39 is 5.82 Å². The fourth-order valence-electron chi connectivity index (χ4n) is 2.35. The fraction of sp³-hybridized carbons (Fsp3) is 0.167. The maximum atomic E-state index is 13.4. The number of halogens is 1. The number of furan rings is 1. The Morgan fingerprint density at radius 2 is 2.09 bits per heavy atom. The molecule has 2 aromatic heterocycles. The Morgan fingerprint density at radius 1 is 1.17 bits per heavy atom. The summed E-state index contributed by atoms with van der Waals surface area (Å²) in [6.07, 6.45) is 2.35. The number of thiophene rings is 1. The molecule has 0 bridgehead atoms. The van der Waals surface area contributed by atoms with Crippen LogP contribution in [0, 0.1) is 5.82 Å². The van der Waals surface area contributed by atoms with E-state index in [2.05, 4.69) is 0 Å². The molecule has 3 nitrogen and oxygen atoms in total. The second-order valence-corrected chi connectivity index (χ2v) is 6.18. The Kier molecular flexibility index (Phi) is 4.88. The van der Waals surface area contributed by atoms with Crippen LogP contribution in [0.1, 0.15) is 21.0 Å². The number of amides is 1. The van der Waals surface area contributed by atoms with Crippen LogP contribution in [-0.4, -0.2) is 17.4 Å². The van der Waals surface area contributed by atoms with Crippen LogP contribution >= 0.6 is 11.3 Å². The number of carbonyl (C=O) groups is 1. The minimum absolute atomic E-state index is 0.197. The zero-order valence-electron chi connectivity index (χ0n) is 12.4. The molecule has 0 atom stereocenters. The smallest absolute Gasteiger partial charge is 0.254 e. The number of hydrogen-bond donors (Lipinski definition) is 0. The Labute approximate surface area is 138 Å². The van der Waals surface area contributed by atoms with Gasteiger partial charge in [-0.25, -0.2) is 4.39 Å². The van der Waals surface area contributed by atoms with Gasteiger partial charge in [-0.2, -0.15) is 0 Å². The summed E-state index contributed by atoms with van der Waals surface area (Å²) in [7, 11) is 0. The normalized spacial score (nSPS) is 10.7. The van der Waals surface area contributed by atoms with Crippen LogP contribution in [-0.2, 0) is 13.0 Å². The van der Waals surface area contributed by atoms with Gasteiger partial charge in [0.15, 0.2) is 0 Å². The molecule has 23 heavy (non-hydrogen) atoms. The van der Waals surface area contributed by atoms with E-state index in [0.29, 0.717) is 24.4 Å². The number of rotatable bonds is 6. The summed E-state index contributed by atoms with van der Waals surface area (Å²) >= 11 is 1.66. The molecule has 118 valence electrons. The molecule has 0 fully saturated rings. The van der Waals surface area contributed by atoms with Crippen LogP contribution in [0.15, 0.2) is 64.6 Å². The molecule has 2 heterocycles. The lowest BCUT2D eigenvalue weighted by Gasteiger charge is -2.21. The molecule has 1 amide bonds. The van der Waals surface area contributed by atoms with Gasteiger partial charge in [-0.15, -0.1) is 11.3 Å². The average Bonchev–Trinajstić information content (AvgIpc) is 3.24. The topological polar surface area (TPSA) is 33.5 Å². The maximum Gasteiger partial charge on any atom is 0.254 e. The van der Waals surface area contributed by atoms with E-state index >= 15 is 0 Å². The Morgan fingerprint density at radius 3 is 2.78 bits per heavy atom. The van der Waals surface area contributed by atoms with Gasteiger partial charge in [-0.1, -0.05) is 12.1 Å². The first-order chi connectivity index (χ1) is 11.2. The standard InChI is InChI=1S/C18H16FNO2S/c19-15-5-1-4-14(12-15)18(21)20(13-16-6-2-10-22-16)9-8-17-7-3-11-23-17/h1-7,10-12H,8-9,13H2. The van der Waals surface area contributed by atoms with Gasteiger partial charge in [0, 0.05) is 17.0 Å². The van der Waals surface area contributed by atoms with Gasteiger partial charge >= 0.3 is 0 Å². The van der Waals surface area contributed by atoms with Gasteiger partial charge in [-0.05, 0) is 48.2 Å². The number of benzene rings is 1. The van der Waals surface area contributed by atoms with E-state index in [4.69, 9.17) is 4.42 Å². The first kappa shape index (κ1) is 15.5. The van der Waals surface area contributed by atoms with Crippen molar-refractivity contribution < 1.29 is 13.6 Å². The van der Waals surface area contributed by atoms with Gasteiger partial charge in [0.2, 0.25) is 0 Å². The number of nitrogens with zero attached hydrogens (tertiary/aromatic N) is 1. The minimum Gasteiger partial charge on any atom is -0.467 e. The van der Waals surface area contributed by atoms with Gasteiger partial charge in [-0.3, -0.25) is 4.79 Å². The molecule has 0 N–H and O–H groups in total. The zero-order chi connectivity index (χ0) is 16.1. The third-order valence-corrected chi connectivity index (χ3v) is 4.43. The van der Waals surface area contributed by atoms with Crippen LogP contribution in [0.5, 0.6) is 0 Å². The van der Waals surface area contributed by atoms with Crippen molar-refractivity contribution in [2.45, 2.75) is 13.0 Å². The van der Waals surface area contributed by atoms with Crippen molar-refractivity contribution in [3.63, 3.8) is 0 Å². The van der Waals surface area contributed by atoms with Crippen LogP contribution < -0.4 is 0 Å². The van der Waals surface area contributed by atoms with E-state index in [1.807, 2.05) is 23.6 Å². The molecule has 1 aromatic carbocycles. The van der Waals surface area contributed by atoms with Gasteiger partial charge in [0.05, 0.1) is 12.8 Å². The molecular weight excluding hydrogens is 313 g/mol. The van der Waals surface area contributed by atoms with Crippen molar-refractivity contribution in [1.29, 1.82) is 0 Å². The summed E-state index contributed by atoms with van der Waals surface area (Å²) < 4.78 is 18.7. The Hall–Kier alpha value is -2.40. The van der Waals surface area contributed by atoms with E-state index in [-0.39, 0.29) is 5.91 Å². The first-order valence-electron chi connectivity index (χ1n) is 7.32. The van der Waals surface area contributed by atoms with Crippen molar-refractivity contribution in [2.75, 3.05) is 6.54 Å². The predicted molar refractivity (Wildman–Crippen MR) is 87.9 cm³/mol. The lowest BCUT2D eigenvalue weighted by molar-refractivity contribution is 0.0733. The molecule has 3 rings (SSSR count). The van der Waals surface area contributed by atoms with Crippen molar-refractivity contribution in [3.8, 4) is 0 Å². The molecule has 0 aliphatic heterocycles. The first-order valence-corrected chi connectivity index (χ1v) is 8.20. The molecule has 0 saturated heterocycles. The quantitative estimate of drug-likeness (QED) is 0.673. The lowest BCUT2D eigenvalue weighted by atomic mass is 10.1. The van der Waals surface area contributed by atoms with Crippen molar-refractivity contribution in [1.82, 2.24) is 4.90 Å². The molecule has 5 heteroatoms. The summed E-state index contributed by atoms with van der Waals surface area (Å²) in [6, 6.07) is 13.4. The van der Waals surface area contributed by atoms with E-state index in [1.54, 1.807) is 40.7 Å². The third kappa shape index (κ3) is 4.07. The highest BCUT2D eigenvalue weighted by Gasteiger charge is 2.18. The van der Waals surface area contributed by atoms with Crippen LogP contribution in [0.3, 0.4) is 0 Å². The minimum atomic E-state index is -0.410. The summed E-state index contributed by atoms with van der Waals surface area (Å²) in [5.74, 6) is 0.102. The summed E-state index contributed by atoms with van der Waals surface area (Å²) in [5.41, 5.74) is 0.350. The number of carbonyl (C=O) groups excluding carboxylic acids is 1. The largest absolute Gasteiger partial charge is 0.467 e. The second kappa shape index (κ2) is 7.24. The highest BCUT2D eigenvalue weighted by molar-refractivity contribution is 7.09. The Balaban J connectivity index is 1.77. The number of hydrogen-bond acceptors (Lipinski definition) is 3. The van der Waals surface area contributed by atoms with Gasteiger partial charge in [0.1, 0.15) is 11.6 Å². The molecule has 0 saturated carbocycles. The average molecular weight is 329 g/mol. The summed E-state index contributed by atoms with van der Waals surface area (Å²) in [5, 5.41) is 2.01.